The molecule has 0 aromatic carbocycles. The molecule has 2 fully saturated rings. The molecule has 0 radical (unpaired) electrons. The summed E-state index contributed by atoms with van der Waals surface area (Å²) < 4.78 is 13.6. The van der Waals surface area contributed by atoms with Crippen LogP contribution in [0.2, 0.25) is 0 Å². The van der Waals surface area contributed by atoms with Gasteiger partial charge in [-0.25, -0.2) is 24.7 Å². The molecule has 0 spiro atoms. The van der Waals surface area contributed by atoms with Crippen LogP contribution < -0.4 is 5.73 Å². The standard InChI is InChI=1S/C30H38N8O3/c1-29(2,3)38-15-20(21-25(31)34-16-35-27(21)38)23-22(24(41-36-23)18-7-8-18)26-32-13-19(14-33-26)17-9-11-37(12-10-17)28(39)40-30(4,5)6/h13-18H,7-12H2,1-6H3,(H2,31,34,35). The summed E-state index contributed by atoms with van der Waals surface area (Å²) in [6.07, 6.45) is 10.8. The molecule has 1 aliphatic carbocycles. The van der Waals surface area contributed by atoms with Gasteiger partial charge in [0.1, 0.15) is 29.1 Å². The molecule has 11 nitrogen and oxygen atoms in total. The Morgan fingerprint density at radius 1 is 0.976 bits per heavy atom. The minimum absolute atomic E-state index is 0.238. The molecule has 0 bridgehead atoms. The minimum Gasteiger partial charge on any atom is -0.444 e. The number of nitrogens with zero attached hydrogens (tertiary/aromatic N) is 7. The van der Waals surface area contributed by atoms with Crippen molar-refractivity contribution in [3.8, 4) is 22.6 Å². The number of carbonyl (C=O) groups excluding carboxylic acids is 1. The number of piperidine rings is 1. The highest BCUT2D eigenvalue weighted by Gasteiger charge is 2.36. The van der Waals surface area contributed by atoms with Crippen molar-refractivity contribution in [1.82, 2.24) is 34.6 Å². The van der Waals surface area contributed by atoms with Crippen molar-refractivity contribution in [2.24, 2.45) is 0 Å². The largest absolute Gasteiger partial charge is 0.444 e. The number of ether oxygens (including phenoxy) is 1. The van der Waals surface area contributed by atoms with E-state index in [0.717, 1.165) is 59.2 Å². The number of likely N-dealkylation sites (tertiary alicyclic amines) is 1. The van der Waals surface area contributed by atoms with Crippen LogP contribution in [0.5, 0.6) is 0 Å². The number of hydrogen-bond acceptors (Lipinski definition) is 9. The Balaban J connectivity index is 1.31. The van der Waals surface area contributed by atoms with Gasteiger partial charge in [0, 0.05) is 48.7 Å². The van der Waals surface area contributed by atoms with E-state index in [1.54, 1.807) is 4.90 Å². The summed E-state index contributed by atoms with van der Waals surface area (Å²) in [5.41, 5.74) is 9.72. The molecule has 5 heterocycles. The lowest BCUT2D eigenvalue weighted by Crippen LogP contribution is -2.41. The van der Waals surface area contributed by atoms with Crippen LogP contribution in [0.15, 0.2) is 29.4 Å². The lowest BCUT2D eigenvalue weighted by molar-refractivity contribution is 0.0204. The molecule has 1 amide bonds. The number of aromatic nitrogens is 6. The first-order valence-electron chi connectivity index (χ1n) is 14.3. The Kier molecular flexibility index (Phi) is 6.50. The first kappa shape index (κ1) is 27.2. The molecule has 0 atom stereocenters. The quantitative estimate of drug-likeness (QED) is 0.326. The second-order valence-corrected chi connectivity index (χ2v) is 13.2. The summed E-state index contributed by atoms with van der Waals surface area (Å²) in [6, 6.07) is 0. The topological polar surface area (TPSA) is 138 Å². The molecule has 0 unspecified atom stereocenters. The van der Waals surface area contributed by atoms with Crippen LogP contribution >= 0.6 is 0 Å². The molecular formula is C30H38N8O3. The van der Waals surface area contributed by atoms with Crippen LogP contribution in [-0.2, 0) is 10.3 Å². The highest BCUT2D eigenvalue weighted by molar-refractivity contribution is 6.02. The average molecular weight is 559 g/mol. The van der Waals surface area contributed by atoms with E-state index in [1.165, 1.54) is 6.33 Å². The third-order valence-electron chi connectivity index (χ3n) is 7.77. The smallest absolute Gasteiger partial charge is 0.410 e. The summed E-state index contributed by atoms with van der Waals surface area (Å²) in [7, 11) is 0. The number of hydrogen-bond donors (Lipinski definition) is 1. The van der Waals surface area contributed by atoms with Gasteiger partial charge < -0.3 is 24.5 Å². The van der Waals surface area contributed by atoms with Crippen LogP contribution in [0, 0.1) is 0 Å². The Labute approximate surface area is 239 Å². The highest BCUT2D eigenvalue weighted by Crippen LogP contribution is 2.48. The van der Waals surface area contributed by atoms with Crippen LogP contribution in [0.25, 0.3) is 33.7 Å². The molecule has 2 N–H and O–H groups in total. The van der Waals surface area contributed by atoms with Crippen molar-refractivity contribution in [3.05, 3.63) is 36.2 Å². The Morgan fingerprint density at radius 3 is 2.27 bits per heavy atom. The van der Waals surface area contributed by atoms with Crippen molar-refractivity contribution < 1.29 is 14.1 Å². The van der Waals surface area contributed by atoms with E-state index in [-0.39, 0.29) is 17.6 Å². The normalized spacial score (nSPS) is 16.9. The molecule has 216 valence electrons. The maximum atomic E-state index is 12.5. The average Bonchev–Trinajstić information content (AvgIpc) is 3.53. The lowest BCUT2D eigenvalue weighted by atomic mass is 9.91. The fraction of sp³-hybridized carbons (Fsp3) is 0.533. The number of fused-ring (bicyclic) bond motifs is 1. The Hall–Kier alpha value is -4.02. The number of nitrogens with two attached hydrogens (primary N) is 1. The molecule has 4 aromatic rings. The minimum atomic E-state index is -0.502. The molecular weight excluding hydrogens is 520 g/mol. The SMILES string of the molecule is CC(C)(C)OC(=O)N1CCC(c2cnc(-c3c(-c4cn(C(C)(C)C)c5ncnc(N)c45)noc3C3CC3)nc2)CC1. The van der Waals surface area contributed by atoms with Crippen LogP contribution in [-0.4, -0.2) is 59.3 Å². The van der Waals surface area contributed by atoms with Gasteiger partial charge in [-0.05, 0) is 78.7 Å². The van der Waals surface area contributed by atoms with E-state index in [9.17, 15) is 4.79 Å². The summed E-state index contributed by atoms with van der Waals surface area (Å²) in [5, 5.41) is 5.29. The van der Waals surface area contributed by atoms with E-state index in [1.807, 2.05) is 39.4 Å². The maximum Gasteiger partial charge on any atom is 0.410 e. The van der Waals surface area contributed by atoms with Gasteiger partial charge in [-0.1, -0.05) is 5.16 Å². The molecule has 1 saturated carbocycles. The number of nitrogen functional groups attached to an aromatic ring is 1. The highest BCUT2D eigenvalue weighted by atomic mass is 16.6. The predicted octanol–water partition coefficient (Wildman–Crippen LogP) is 5.87. The molecule has 1 saturated heterocycles. The summed E-state index contributed by atoms with van der Waals surface area (Å²) in [5.74, 6) is 2.35. The zero-order valence-electron chi connectivity index (χ0n) is 24.6. The van der Waals surface area contributed by atoms with Gasteiger partial charge in [-0.15, -0.1) is 0 Å². The lowest BCUT2D eigenvalue weighted by Gasteiger charge is -2.33. The number of amides is 1. The molecule has 6 rings (SSSR count). The number of carbonyl (C=O) groups is 1. The monoisotopic (exact) mass is 558 g/mol. The molecule has 4 aromatic heterocycles. The van der Waals surface area contributed by atoms with Crippen molar-refractivity contribution >= 4 is 22.9 Å². The van der Waals surface area contributed by atoms with Crippen molar-refractivity contribution in [2.45, 2.75) is 90.2 Å². The second-order valence-electron chi connectivity index (χ2n) is 13.2. The first-order valence-corrected chi connectivity index (χ1v) is 14.3. The van der Waals surface area contributed by atoms with Gasteiger partial charge in [0.25, 0.3) is 0 Å². The second kappa shape index (κ2) is 9.81. The predicted molar refractivity (Wildman–Crippen MR) is 155 cm³/mol. The summed E-state index contributed by atoms with van der Waals surface area (Å²) in [4.78, 5) is 32.8. The van der Waals surface area contributed by atoms with Gasteiger partial charge >= 0.3 is 6.09 Å². The van der Waals surface area contributed by atoms with Gasteiger partial charge in [-0.2, -0.15) is 0 Å². The van der Waals surface area contributed by atoms with E-state index in [0.29, 0.717) is 36.3 Å². The van der Waals surface area contributed by atoms with Crippen LogP contribution in [0.3, 0.4) is 0 Å². The molecule has 1 aliphatic heterocycles. The number of rotatable bonds is 4. The van der Waals surface area contributed by atoms with E-state index in [4.69, 9.17) is 25.0 Å². The van der Waals surface area contributed by atoms with Crippen molar-refractivity contribution in [2.75, 3.05) is 18.8 Å². The van der Waals surface area contributed by atoms with Gasteiger partial charge in [0.2, 0.25) is 0 Å². The Morgan fingerprint density at radius 2 is 1.66 bits per heavy atom. The summed E-state index contributed by atoms with van der Waals surface area (Å²) in [6.45, 7) is 13.3. The third-order valence-corrected chi connectivity index (χ3v) is 7.77. The van der Waals surface area contributed by atoms with E-state index in [2.05, 4.69) is 40.5 Å². The molecule has 2 aliphatic rings. The Bertz CT molecular complexity index is 1580. The van der Waals surface area contributed by atoms with E-state index < -0.39 is 5.60 Å². The van der Waals surface area contributed by atoms with Crippen molar-refractivity contribution in [3.63, 3.8) is 0 Å². The molecule has 11 heteroatoms. The van der Waals surface area contributed by atoms with Gasteiger partial charge in [0.05, 0.1) is 10.9 Å². The van der Waals surface area contributed by atoms with Gasteiger partial charge in [-0.3, -0.25) is 0 Å². The zero-order chi connectivity index (χ0) is 29.1. The molecule has 41 heavy (non-hydrogen) atoms. The number of anilines is 1. The van der Waals surface area contributed by atoms with Gasteiger partial charge in [0.15, 0.2) is 11.6 Å². The first-order chi connectivity index (χ1) is 19.4. The maximum absolute atomic E-state index is 12.5. The van der Waals surface area contributed by atoms with Crippen LogP contribution in [0.4, 0.5) is 10.6 Å². The van der Waals surface area contributed by atoms with Crippen LogP contribution in [0.1, 0.15) is 90.4 Å². The fourth-order valence-corrected chi connectivity index (χ4v) is 5.50. The third kappa shape index (κ3) is 5.25. The fourth-order valence-electron chi connectivity index (χ4n) is 5.50. The van der Waals surface area contributed by atoms with Crippen molar-refractivity contribution in [1.29, 1.82) is 0 Å². The van der Waals surface area contributed by atoms with E-state index >= 15 is 0 Å². The summed E-state index contributed by atoms with van der Waals surface area (Å²) >= 11 is 0. The zero-order valence-corrected chi connectivity index (χ0v) is 24.6.